The summed E-state index contributed by atoms with van der Waals surface area (Å²) in [6.07, 6.45) is -5.12. The van der Waals surface area contributed by atoms with Crippen LogP contribution in [0.5, 0.6) is 0 Å². The first-order valence-corrected chi connectivity index (χ1v) is 11.2. The van der Waals surface area contributed by atoms with E-state index in [4.69, 9.17) is 11.6 Å². The number of rotatable bonds is 5. The van der Waals surface area contributed by atoms with Crippen molar-refractivity contribution in [3.8, 4) is 5.69 Å². The van der Waals surface area contributed by atoms with Gasteiger partial charge in [-0.05, 0) is 32.0 Å². The summed E-state index contributed by atoms with van der Waals surface area (Å²) in [6, 6.07) is 3.43. The monoisotopic (exact) mass is 543 g/mol. The summed E-state index contributed by atoms with van der Waals surface area (Å²) in [4.78, 5) is 43.9. The molecule has 0 atom stereocenters. The number of alkyl halides is 3. The van der Waals surface area contributed by atoms with Crippen molar-refractivity contribution in [1.82, 2.24) is 20.2 Å². The highest BCUT2D eigenvalue weighted by molar-refractivity contribution is 6.32. The maximum Gasteiger partial charge on any atom is 0.391 e. The third kappa shape index (κ3) is 5.36. The molecule has 1 aliphatic rings. The van der Waals surface area contributed by atoms with Crippen molar-refractivity contribution in [2.75, 3.05) is 18.0 Å². The Labute approximate surface area is 211 Å². The van der Waals surface area contributed by atoms with Crippen LogP contribution in [0.1, 0.15) is 30.6 Å². The highest BCUT2D eigenvalue weighted by Gasteiger charge is 2.38. The zero-order valence-corrected chi connectivity index (χ0v) is 20.1. The van der Waals surface area contributed by atoms with E-state index in [0.29, 0.717) is 12.6 Å². The third-order valence-electron chi connectivity index (χ3n) is 5.53. The number of hydrogen-bond acceptors (Lipinski definition) is 4. The Kier molecular flexibility index (Phi) is 6.61. The SMILES string of the molecule is CC(C)(CC(F)(F)F)NC(=O)c1cn(-c2c(F)cc(F)cc2Cl)c2nc(N3CCNC3=O)ccc2c1=O. The second-order valence-corrected chi connectivity index (χ2v) is 9.42. The number of aromatic nitrogens is 2. The molecule has 0 radical (unpaired) electrons. The van der Waals surface area contributed by atoms with E-state index in [-0.39, 0.29) is 23.4 Å². The lowest BCUT2D eigenvalue weighted by Gasteiger charge is -2.27. The first kappa shape index (κ1) is 26.3. The Balaban J connectivity index is 1.94. The van der Waals surface area contributed by atoms with Gasteiger partial charge in [0.05, 0.1) is 16.8 Å². The fourth-order valence-corrected chi connectivity index (χ4v) is 4.34. The van der Waals surface area contributed by atoms with E-state index in [1.165, 1.54) is 17.0 Å². The minimum atomic E-state index is -4.60. The van der Waals surface area contributed by atoms with Crippen molar-refractivity contribution in [2.24, 2.45) is 0 Å². The highest BCUT2D eigenvalue weighted by atomic mass is 35.5. The van der Waals surface area contributed by atoms with Gasteiger partial charge in [-0.1, -0.05) is 11.6 Å². The standard InChI is InChI=1S/C23H19ClF5N5O3/c1-22(2,10-23(27,28)29)32-20(36)13-9-34(17-14(24)7-11(25)8-15(17)26)19-12(18(13)35)3-4-16(31-19)33-6-5-30-21(33)37/h3-4,7-9H,5-6,10H2,1-2H3,(H,30,37)(H,32,36). The van der Waals surface area contributed by atoms with Crippen LogP contribution in [0.3, 0.4) is 0 Å². The van der Waals surface area contributed by atoms with Crippen LogP contribution in [-0.2, 0) is 0 Å². The lowest BCUT2D eigenvalue weighted by Crippen LogP contribution is -2.47. The molecule has 14 heteroatoms. The van der Waals surface area contributed by atoms with Gasteiger partial charge in [-0.15, -0.1) is 0 Å². The van der Waals surface area contributed by atoms with Crippen molar-refractivity contribution in [2.45, 2.75) is 32.0 Å². The molecule has 1 saturated heterocycles. The molecule has 1 aromatic carbocycles. The van der Waals surface area contributed by atoms with Crippen molar-refractivity contribution >= 4 is 40.4 Å². The van der Waals surface area contributed by atoms with Gasteiger partial charge in [-0.2, -0.15) is 13.2 Å². The first-order valence-electron chi connectivity index (χ1n) is 10.8. The van der Waals surface area contributed by atoms with Gasteiger partial charge in [0.25, 0.3) is 5.91 Å². The van der Waals surface area contributed by atoms with E-state index < -0.39 is 63.4 Å². The fourth-order valence-electron chi connectivity index (χ4n) is 4.05. The number of urea groups is 1. The zero-order valence-electron chi connectivity index (χ0n) is 19.3. The first-order chi connectivity index (χ1) is 17.2. The van der Waals surface area contributed by atoms with E-state index in [9.17, 15) is 36.3 Å². The largest absolute Gasteiger partial charge is 0.391 e. The van der Waals surface area contributed by atoms with Crippen LogP contribution in [0.15, 0.2) is 35.3 Å². The van der Waals surface area contributed by atoms with Crippen LogP contribution in [0.2, 0.25) is 5.02 Å². The molecule has 8 nitrogen and oxygen atoms in total. The van der Waals surface area contributed by atoms with Crippen LogP contribution in [0, 0.1) is 11.6 Å². The Bertz CT molecular complexity index is 1470. The van der Waals surface area contributed by atoms with Gasteiger partial charge in [-0.3, -0.25) is 19.1 Å². The lowest BCUT2D eigenvalue weighted by molar-refractivity contribution is -0.146. The van der Waals surface area contributed by atoms with Crippen molar-refractivity contribution in [3.05, 3.63) is 62.9 Å². The summed E-state index contributed by atoms with van der Waals surface area (Å²) < 4.78 is 68.4. The Morgan fingerprint density at radius 3 is 2.49 bits per heavy atom. The summed E-state index contributed by atoms with van der Waals surface area (Å²) in [5.74, 6) is -3.22. The number of amides is 3. The molecule has 1 aliphatic heterocycles. The van der Waals surface area contributed by atoms with Crippen molar-refractivity contribution in [3.63, 3.8) is 0 Å². The van der Waals surface area contributed by atoms with Crippen molar-refractivity contribution in [1.29, 1.82) is 0 Å². The molecule has 0 spiro atoms. The number of fused-ring (bicyclic) bond motifs is 1. The number of hydrogen-bond donors (Lipinski definition) is 2. The smallest absolute Gasteiger partial charge is 0.347 e. The van der Waals surface area contributed by atoms with Crippen LogP contribution in [0.4, 0.5) is 32.6 Å². The van der Waals surface area contributed by atoms with Gasteiger partial charge in [0.2, 0.25) is 5.43 Å². The van der Waals surface area contributed by atoms with Gasteiger partial charge < -0.3 is 10.6 Å². The summed E-state index contributed by atoms with van der Waals surface area (Å²) >= 11 is 6.10. The minimum Gasteiger partial charge on any atom is -0.347 e. The number of halogens is 6. The van der Waals surface area contributed by atoms with Crippen LogP contribution < -0.4 is 21.0 Å². The normalized spacial score (nSPS) is 14.3. The van der Waals surface area contributed by atoms with Crippen LogP contribution in [-0.4, -0.2) is 46.3 Å². The number of nitrogens with one attached hydrogen (secondary N) is 2. The van der Waals surface area contributed by atoms with Crippen LogP contribution in [0.25, 0.3) is 16.7 Å². The van der Waals surface area contributed by atoms with E-state index in [1.807, 2.05) is 0 Å². The maximum absolute atomic E-state index is 14.9. The predicted octanol–water partition coefficient (Wildman–Crippen LogP) is 4.31. The number of nitrogens with zero attached hydrogens (tertiary/aromatic N) is 3. The molecule has 3 heterocycles. The lowest BCUT2D eigenvalue weighted by atomic mass is 9.99. The fraction of sp³-hybridized carbons (Fsp3) is 0.304. The molecule has 2 N–H and O–H groups in total. The van der Waals surface area contributed by atoms with Gasteiger partial charge >= 0.3 is 12.2 Å². The van der Waals surface area contributed by atoms with Gasteiger partial charge in [0.1, 0.15) is 22.9 Å². The molecule has 0 bridgehead atoms. The van der Waals surface area contributed by atoms with Crippen molar-refractivity contribution < 1.29 is 31.5 Å². The minimum absolute atomic E-state index is 0.0952. The molecule has 37 heavy (non-hydrogen) atoms. The number of benzene rings is 1. The Hall–Kier alpha value is -3.74. The summed E-state index contributed by atoms with van der Waals surface area (Å²) in [7, 11) is 0. The Morgan fingerprint density at radius 1 is 1.19 bits per heavy atom. The molecule has 1 fully saturated rings. The van der Waals surface area contributed by atoms with E-state index >= 15 is 0 Å². The molecule has 0 unspecified atom stereocenters. The molecule has 0 saturated carbocycles. The second-order valence-electron chi connectivity index (χ2n) is 9.01. The number of anilines is 1. The molecule has 3 aromatic rings. The van der Waals surface area contributed by atoms with Gasteiger partial charge in [0, 0.05) is 30.9 Å². The quantitative estimate of drug-likeness (QED) is 0.469. The maximum atomic E-state index is 14.9. The summed E-state index contributed by atoms with van der Waals surface area (Å²) in [6.45, 7) is 2.84. The summed E-state index contributed by atoms with van der Waals surface area (Å²) in [5.41, 5.74) is -4.01. The van der Waals surface area contributed by atoms with Gasteiger partial charge in [0.15, 0.2) is 11.5 Å². The molecule has 2 aromatic heterocycles. The van der Waals surface area contributed by atoms with E-state index in [2.05, 4.69) is 15.6 Å². The molecule has 3 amide bonds. The van der Waals surface area contributed by atoms with Crippen LogP contribution >= 0.6 is 11.6 Å². The average molecular weight is 544 g/mol. The zero-order chi connectivity index (χ0) is 27.3. The van der Waals surface area contributed by atoms with Gasteiger partial charge in [-0.25, -0.2) is 18.6 Å². The molecular weight excluding hydrogens is 525 g/mol. The molecule has 0 aliphatic carbocycles. The topological polar surface area (TPSA) is 96.3 Å². The highest BCUT2D eigenvalue weighted by Crippen LogP contribution is 2.30. The number of pyridine rings is 2. The third-order valence-corrected chi connectivity index (χ3v) is 5.82. The van der Waals surface area contributed by atoms with E-state index in [0.717, 1.165) is 30.7 Å². The Morgan fingerprint density at radius 2 is 1.89 bits per heavy atom. The second kappa shape index (κ2) is 9.29. The molecule has 4 rings (SSSR count). The average Bonchev–Trinajstić information content (AvgIpc) is 3.18. The van der Waals surface area contributed by atoms with E-state index in [1.54, 1.807) is 0 Å². The molecule has 196 valence electrons. The number of carbonyl (C=O) groups excluding carboxylic acids is 2. The number of carbonyl (C=O) groups is 2. The predicted molar refractivity (Wildman–Crippen MR) is 125 cm³/mol. The molecular formula is C23H19ClF5N5O3. The summed E-state index contributed by atoms with van der Waals surface area (Å²) in [5, 5.41) is 4.10.